The third kappa shape index (κ3) is 4.15. The van der Waals surface area contributed by atoms with Gasteiger partial charge in [0.05, 0.1) is 0 Å². The van der Waals surface area contributed by atoms with Crippen LogP contribution in [0.4, 0.5) is 0 Å². The first-order valence-corrected chi connectivity index (χ1v) is 6.68. The predicted molar refractivity (Wildman–Crippen MR) is 78.9 cm³/mol. The second kappa shape index (κ2) is 6.52. The van der Waals surface area contributed by atoms with E-state index in [-0.39, 0.29) is 5.91 Å². The summed E-state index contributed by atoms with van der Waals surface area (Å²) in [7, 11) is -1.53. The van der Waals surface area contributed by atoms with Crippen molar-refractivity contribution in [1.29, 1.82) is 0 Å². The topological polar surface area (TPSA) is 94.3 Å². The normalized spacial score (nSPS) is 14.3. The fraction of sp³-hybridized carbons (Fsp3) is 0.357. The summed E-state index contributed by atoms with van der Waals surface area (Å²) in [4.78, 5) is 11.9. The van der Waals surface area contributed by atoms with Crippen LogP contribution in [-0.4, -0.2) is 35.3 Å². The van der Waals surface area contributed by atoms with Crippen molar-refractivity contribution < 1.29 is 14.8 Å². The Kier molecular flexibility index (Phi) is 4.73. The lowest BCUT2D eigenvalue weighted by Gasteiger charge is -2.10. The van der Waals surface area contributed by atoms with Gasteiger partial charge in [0.15, 0.2) is 5.66 Å². The van der Waals surface area contributed by atoms with Gasteiger partial charge in [-0.1, -0.05) is 12.1 Å². The van der Waals surface area contributed by atoms with Gasteiger partial charge in [-0.05, 0) is 17.6 Å². The molecular formula is C14H16BN3O3. The van der Waals surface area contributed by atoms with Crippen molar-refractivity contribution in [3.05, 3.63) is 29.8 Å². The quantitative estimate of drug-likeness (QED) is 0.488. The molecule has 1 aromatic rings. The molecule has 7 heteroatoms. The Labute approximate surface area is 123 Å². The zero-order valence-corrected chi connectivity index (χ0v) is 11.5. The molecule has 0 unspecified atom stereocenters. The average Bonchev–Trinajstić information content (AvgIpc) is 3.25. The van der Waals surface area contributed by atoms with Crippen molar-refractivity contribution >= 4 is 18.5 Å². The van der Waals surface area contributed by atoms with Crippen LogP contribution in [0.15, 0.2) is 34.5 Å². The van der Waals surface area contributed by atoms with Crippen LogP contribution in [0.3, 0.4) is 0 Å². The first kappa shape index (κ1) is 15.2. The van der Waals surface area contributed by atoms with E-state index in [1.54, 1.807) is 12.1 Å². The molecule has 21 heavy (non-hydrogen) atoms. The molecule has 108 valence electrons. The van der Waals surface area contributed by atoms with Gasteiger partial charge in [0.25, 0.3) is 5.91 Å². The molecule has 0 aliphatic carbocycles. The molecule has 0 saturated heterocycles. The summed E-state index contributed by atoms with van der Waals surface area (Å²) in [6, 6.07) is 6.09. The minimum Gasteiger partial charge on any atom is -0.423 e. The number of hydrogen-bond donors (Lipinski definition) is 3. The van der Waals surface area contributed by atoms with E-state index in [0.717, 1.165) is 0 Å². The molecular weight excluding hydrogens is 269 g/mol. The molecule has 1 aromatic carbocycles. The Morgan fingerprint density at radius 3 is 2.48 bits per heavy atom. The van der Waals surface area contributed by atoms with Crippen molar-refractivity contribution in [2.45, 2.75) is 24.9 Å². The molecule has 0 saturated carbocycles. The molecule has 1 amide bonds. The molecule has 0 fully saturated rings. The maximum absolute atomic E-state index is 11.9. The van der Waals surface area contributed by atoms with E-state index in [2.05, 4.69) is 21.5 Å². The average molecular weight is 285 g/mol. The minimum absolute atomic E-state index is 0.221. The molecule has 0 radical (unpaired) electrons. The Morgan fingerprint density at radius 1 is 1.29 bits per heavy atom. The van der Waals surface area contributed by atoms with Crippen LogP contribution in [0.2, 0.25) is 0 Å². The highest BCUT2D eigenvalue weighted by Crippen LogP contribution is 2.35. The van der Waals surface area contributed by atoms with Crippen LogP contribution in [0.5, 0.6) is 0 Å². The Balaban J connectivity index is 1.78. The minimum atomic E-state index is -1.53. The van der Waals surface area contributed by atoms with Crippen LogP contribution < -0.4 is 10.8 Å². The largest absolute Gasteiger partial charge is 0.488 e. The number of rotatable bonds is 7. The van der Waals surface area contributed by atoms with Crippen molar-refractivity contribution in [2.24, 2.45) is 10.2 Å². The number of amides is 1. The second-order valence-electron chi connectivity index (χ2n) is 4.89. The SMILES string of the molecule is C#CCCC1(CCNC(=O)c2ccc(B(O)O)cc2)N=N1. The highest BCUT2D eigenvalue weighted by molar-refractivity contribution is 6.58. The van der Waals surface area contributed by atoms with Gasteiger partial charge in [-0.2, -0.15) is 10.2 Å². The van der Waals surface area contributed by atoms with E-state index in [1.807, 2.05) is 0 Å². The van der Waals surface area contributed by atoms with E-state index >= 15 is 0 Å². The maximum Gasteiger partial charge on any atom is 0.488 e. The highest BCUT2D eigenvalue weighted by atomic mass is 16.4. The van der Waals surface area contributed by atoms with Crippen molar-refractivity contribution in [2.75, 3.05) is 6.54 Å². The molecule has 1 aliphatic rings. The van der Waals surface area contributed by atoms with Crippen molar-refractivity contribution in [3.8, 4) is 12.3 Å². The van der Waals surface area contributed by atoms with Gasteiger partial charge in [-0.15, -0.1) is 12.3 Å². The Hall–Kier alpha value is -2.17. The summed E-state index contributed by atoms with van der Waals surface area (Å²) in [6.07, 6.45) is 7.17. The van der Waals surface area contributed by atoms with Gasteiger partial charge < -0.3 is 15.4 Å². The van der Waals surface area contributed by atoms with E-state index < -0.39 is 12.8 Å². The van der Waals surface area contributed by atoms with Gasteiger partial charge in [0.1, 0.15) is 0 Å². The number of carbonyl (C=O) groups is 1. The van der Waals surface area contributed by atoms with Crippen molar-refractivity contribution in [1.82, 2.24) is 5.32 Å². The van der Waals surface area contributed by atoms with Crippen LogP contribution in [0, 0.1) is 12.3 Å². The Morgan fingerprint density at radius 2 is 1.95 bits per heavy atom. The number of nitrogens with zero attached hydrogens (tertiary/aromatic N) is 2. The lowest BCUT2D eigenvalue weighted by molar-refractivity contribution is 0.0952. The monoisotopic (exact) mass is 285 g/mol. The van der Waals surface area contributed by atoms with Gasteiger partial charge in [0, 0.05) is 31.4 Å². The lowest BCUT2D eigenvalue weighted by Crippen LogP contribution is -2.31. The number of carbonyl (C=O) groups excluding carboxylic acids is 1. The number of hydrogen-bond acceptors (Lipinski definition) is 5. The molecule has 1 heterocycles. The van der Waals surface area contributed by atoms with E-state index in [0.29, 0.717) is 36.8 Å². The molecule has 0 atom stereocenters. The molecule has 0 bridgehead atoms. The summed E-state index contributed by atoms with van der Waals surface area (Å²) in [5.41, 5.74) is 0.405. The third-order valence-corrected chi connectivity index (χ3v) is 3.33. The van der Waals surface area contributed by atoms with E-state index in [9.17, 15) is 4.79 Å². The maximum atomic E-state index is 11.9. The number of nitrogens with one attached hydrogen (secondary N) is 1. The summed E-state index contributed by atoms with van der Waals surface area (Å²) < 4.78 is 0. The fourth-order valence-electron chi connectivity index (χ4n) is 1.95. The van der Waals surface area contributed by atoms with E-state index in [1.165, 1.54) is 12.1 Å². The number of terminal acetylenes is 1. The van der Waals surface area contributed by atoms with Crippen LogP contribution in [0.25, 0.3) is 0 Å². The molecule has 1 aliphatic heterocycles. The van der Waals surface area contributed by atoms with Crippen molar-refractivity contribution in [3.63, 3.8) is 0 Å². The molecule has 3 N–H and O–H groups in total. The summed E-state index contributed by atoms with van der Waals surface area (Å²) in [6.45, 7) is 0.459. The second-order valence-corrected chi connectivity index (χ2v) is 4.89. The first-order chi connectivity index (χ1) is 10.1. The van der Waals surface area contributed by atoms with Crippen LogP contribution in [0.1, 0.15) is 29.6 Å². The zero-order valence-electron chi connectivity index (χ0n) is 11.5. The van der Waals surface area contributed by atoms with Crippen LogP contribution >= 0.6 is 0 Å². The Bertz CT molecular complexity index is 572. The van der Waals surface area contributed by atoms with E-state index in [4.69, 9.17) is 16.5 Å². The first-order valence-electron chi connectivity index (χ1n) is 6.68. The zero-order chi connectivity index (χ0) is 15.3. The highest BCUT2D eigenvalue weighted by Gasteiger charge is 2.38. The van der Waals surface area contributed by atoms with Gasteiger partial charge >= 0.3 is 7.12 Å². The fourth-order valence-corrected chi connectivity index (χ4v) is 1.95. The summed E-state index contributed by atoms with van der Waals surface area (Å²) in [5.74, 6) is 2.33. The molecule has 2 rings (SSSR count). The number of benzene rings is 1. The third-order valence-electron chi connectivity index (χ3n) is 3.33. The van der Waals surface area contributed by atoms with Crippen LogP contribution in [-0.2, 0) is 0 Å². The lowest BCUT2D eigenvalue weighted by atomic mass is 9.80. The smallest absolute Gasteiger partial charge is 0.423 e. The summed E-state index contributed by atoms with van der Waals surface area (Å²) >= 11 is 0. The standard InChI is InChI=1S/C14H16BN3O3/c1-2-3-8-14(17-18-14)9-10-16-13(19)11-4-6-12(7-5-11)15(20)21/h1,4-7,20-21H,3,8-10H2,(H,16,19). The predicted octanol–water partition coefficient (Wildman–Crippen LogP) is 0.0618. The van der Waals surface area contributed by atoms with Gasteiger partial charge in [0.2, 0.25) is 0 Å². The molecule has 0 aromatic heterocycles. The summed E-state index contributed by atoms with van der Waals surface area (Å²) in [5, 5.41) is 28.7. The molecule has 0 spiro atoms. The van der Waals surface area contributed by atoms with Gasteiger partial charge in [-0.3, -0.25) is 4.79 Å². The molecule has 6 nitrogen and oxygen atoms in total. The van der Waals surface area contributed by atoms with Gasteiger partial charge in [-0.25, -0.2) is 0 Å².